The summed E-state index contributed by atoms with van der Waals surface area (Å²) in [6, 6.07) is 15.7. The minimum atomic E-state index is -0.544. The smallest absolute Gasteiger partial charge is 0.265 e. The lowest BCUT2D eigenvalue weighted by atomic mass is 10.1. The highest BCUT2D eigenvalue weighted by atomic mass is 16.5. The molecule has 0 saturated heterocycles. The summed E-state index contributed by atoms with van der Waals surface area (Å²) in [5.41, 5.74) is 3.09. The third-order valence-electron chi connectivity index (χ3n) is 3.68. The van der Waals surface area contributed by atoms with E-state index in [1.54, 1.807) is 6.92 Å². The van der Waals surface area contributed by atoms with Crippen LogP contribution in [0.5, 0.6) is 5.75 Å². The highest BCUT2D eigenvalue weighted by molar-refractivity contribution is 5.94. The molecule has 2 aromatic carbocycles. The second kappa shape index (κ2) is 7.64. The van der Waals surface area contributed by atoms with E-state index in [9.17, 15) is 4.79 Å². The van der Waals surface area contributed by atoms with Crippen molar-refractivity contribution in [2.75, 3.05) is 5.32 Å². The molecule has 3 heteroatoms. The number of hydrogen-bond donors (Lipinski definition) is 1. The van der Waals surface area contributed by atoms with Crippen molar-refractivity contribution in [2.45, 2.75) is 39.7 Å². The fourth-order valence-electron chi connectivity index (χ4n) is 2.34. The average Bonchev–Trinajstić information content (AvgIpc) is 2.55. The van der Waals surface area contributed by atoms with Crippen LogP contribution < -0.4 is 10.1 Å². The molecule has 0 aromatic heterocycles. The van der Waals surface area contributed by atoms with Crippen molar-refractivity contribution in [3.63, 3.8) is 0 Å². The maximum Gasteiger partial charge on any atom is 0.265 e. The predicted octanol–water partition coefficient (Wildman–Crippen LogP) is 4.22. The summed E-state index contributed by atoms with van der Waals surface area (Å²) in [5.74, 6) is 0.642. The summed E-state index contributed by atoms with van der Waals surface area (Å²) in [6.07, 6.45) is 1.21. The largest absolute Gasteiger partial charge is 0.481 e. The summed E-state index contributed by atoms with van der Waals surface area (Å²) in [5, 5.41) is 2.96. The highest BCUT2D eigenvalue weighted by Gasteiger charge is 2.17. The van der Waals surface area contributed by atoms with Gasteiger partial charge >= 0.3 is 0 Å². The molecule has 0 aliphatic heterocycles. The summed E-state index contributed by atoms with van der Waals surface area (Å²) in [7, 11) is 0. The molecule has 0 saturated carbocycles. The van der Waals surface area contributed by atoms with E-state index in [-0.39, 0.29) is 5.91 Å². The van der Waals surface area contributed by atoms with E-state index in [4.69, 9.17) is 4.74 Å². The van der Waals surface area contributed by atoms with Crippen molar-refractivity contribution in [2.24, 2.45) is 0 Å². The summed E-state index contributed by atoms with van der Waals surface area (Å²) >= 11 is 0. The number of aryl methyl sites for hydroxylation is 2. The summed E-state index contributed by atoms with van der Waals surface area (Å²) < 4.78 is 5.83. The van der Waals surface area contributed by atoms with Gasteiger partial charge in [-0.25, -0.2) is 0 Å². The average molecular weight is 297 g/mol. The first-order chi connectivity index (χ1) is 10.7. The fraction of sp³-hybridized carbons (Fsp3) is 0.316. The van der Waals surface area contributed by atoms with Gasteiger partial charge in [-0.1, -0.05) is 50.2 Å². The molecule has 0 radical (unpaired) electrons. The number of nitrogens with one attached hydrogen (secondary N) is 1. The van der Waals surface area contributed by atoms with Crippen molar-refractivity contribution in [1.82, 2.24) is 0 Å². The first kappa shape index (κ1) is 16.1. The van der Waals surface area contributed by atoms with Crippen LogP contribution in [0.25, 0.3) is 0 Å². The van der Waals surface area contributed by atoms with Crippen molar-refractivity contribution in [3.05, 3.63) is 59.7 Å². The minimum absolute atomic E-state index is 0.133. The molecule has 22 heavy (non-hydrogen) atoms. The molecule has 2 rings (SSSR count). The quantitative estimate of drug-likeness (QED) is 0.867. The maximum absolute atomic E-state index is 12.3. The van der Waals surface area contributed by atoms with Gasteiger partial charge in [0.05, 0.1) is 0 Å². The molecule has 116 valence electrons. The zero-order chi connectivity index (χ0) is 15.9. The number of carbonyl (C=O) groups is 1. The number of hydrogen-bond acceptors (Lipinski definition) is 2. The molecule has 0 unspecified atom stereocenters. The van der Waals surface area contributed by atoms with E-state index in [1.807, 2.05) is 48.5 Å². The number of benzene rings is 2. The SMILES string of the molecule is CCc1ccccc1NC(=O)[C@H](C)Oc1ccccc1CC. The Morgan fingerprint density at radius 3 is 2.27 bits per heavy atom. The Morgan fingerprint density at radius 1 is 1.00 bits per heavy atom. The Kier molecular flexibility index (Phi) is 5.59. The van der Waals surface area contributed by atoms with Gasteiger partial charge in [-0.15, -0.1) is 0 Å². The minimum Gasteiger partial charge on any atom is -0.481 e. The van der Waals surface area contributed by atoms with Gasteiger partial charge in [-0.05, 0) is 43.0 Å². The lowest BCUT2D eigenvalue weighted by molar-refractivity contribution is -0.122. The first-order valence-corrected chi connectivity index (χ1v) is 7.79. The lowest BCUT2D eigenvalue weighted by Crippen LogP contribution is -2.30. The molecule has 0 fully saturated rings. The van der Waals surface area contributed by atoms with Gasteiger partial charge in [-0.3, -0.25) is 4.79 Å². The number of rotatable bonds is 6. The Labute approximate surface area is 132 Å². The topological polar surface area (TPSA) is 38.3 Å². The second-order valence-electron chi connectivity index (χ2n) is 5.22. The molecule has 0 aliphatic carbocycles. The number of amides is 1. The second-order valence-corrected chi connectivity index (χ2v) is 5.22. The van der Waals surface area contributed by atoms with E-state index < -0.39 is 6.10 Å². The number of carbonyl (C=O) groups excluding carboxylic acids is 1. The van der Waals surface area contributed by atoms with Gasteiger partial charge in [0.15, 0.2) is 6.10 Å². The van der Waals surface area contributed by atoms with Crippen molar-refractivity contribution >= 4 is 11.6 Å². The van der Waals surface area contributed by atoms with E-state index in [0.717, 1.165) is 35.4 Å². The van der Waals surface area contributed by atoms with E-state index in [1.165, 1.54) is 0 Å². The van der Waals surface area contributed by atoms with Crippen LogP contribution in [0.15, 0.2) is 48.5 Å². The standard InChI is InChI=1S/C19H23NO2/c1-4-15-10-6-8-12-17(15)20-19(21)14(3)22-18-13-9-7-11-16(18)5-2/h6-14H,4-5H2,1-3H3,(H,20,21)/t14-/m0/s1. The molecule has 1 amide bonds. The normalized spacial score (nSPS) is 11.8. The van der Waals surface area contributed by atoms with Crippen LogP contribution in [-0.4, -0.2) is 12.0 Å². The molecule has 1 atom stereocenters. The van der Waals surface area contributed by atoms with Crippen LogP contribution in [0.4, 0.5) is 5.69 Å². The van der Waals surface area contributed by atoms with Crippen LogP contribution in [-0.2, 0) is 17.6 Å². The van der Waals surface area contributed by atoms with Crippen molar-refractivity contribution in [3.8, 4) is 5.75 Å². The molecule has 1 N–H and O–H groups in total. The molecular formula is C19H23NO2. The monoisotopic (exact) mass is 297 g/mol. The highest BCUT2D eigenvalue weighted by Crippen LogP contribution is 2.21. The van der Waals surface area contributed by atoms with E-state index >= 15 is 0 Å². The van der Waals surface area contributed by atoms with Gasteiger partial charge in [-0.2, -0.15) is 0 Å². The molecule has 2 aromatic rings. The maximum atomic E-state index is 12.3. The number of anilines is 1. The van der Waals surface area contributed by atoms with Crippen LogP contribution >= 0.6 is 0 Å². The van der Waals surface area contributed by atoms with E-state index in [2.05, 4.69) is 19.2 Å². The first-order valence-electron chi connectivity index (χ1n) is 7.79. The molecular weight excluding hydrogens is 274 g/mol. The molecule has 3 nitrogen and oxygen atoms in total. The fourth-order valence-corrected chi connectivity index (χ4v) is 2.34. The van der Waals surface area contributed by atoms with Gasteiger partial charge in [0.1, 0.15) is 5.75 Å². The Balaban J connectivity index is 2.06. The third-order valence-corrected chi connectivity index (χ3v) is 3.68. The third kappa shape index (κ3) is 3.88. The van der Waals surface area contributed by atoms with Crippen LogP contribution in [0.2, 0.25) is 0 Å². The van der Waals surface area contributed by atoms with Gasteiger partial charge < -0.3 is 10.1 Å². The zero-order valence-corrected chi connectivity index (χ0v) is 13.4. The van der Waals surface area contributed by atoms with Crippen LogP contribution in [0.3, 0.4) is 0 Å². The van der Waals surface area contributed by atoms with Gasteiger partial charge in [0.25, 0.3) is 5.91 Å². The number of ether oxygens (including phenoxy) is 1. The lowest BCUT2D eigenvalue weighted by Gasteiger charge is -2.18. The predicted molar refractivity (Wildman–Crippen MR) is 90.4 cm³/mol. The van der Waals surface area contributed by atoms with Gasteiger partial charge in [0.2, 0.25) is 0 Å². The van der Waals surface area contributed by atoms with Crippen molar-refractivity contribution in [1.29, 1.82) is 0 Å². The Morgan fingerprint density at radius 2 is 1.59 bits per heavy atom. The molecule has 0 aliphatic rings. The summed E-state index contributed by atoms with van der Waals surface area (Å²) in [4.78, 5) is 12.3. The van der Waals surface area contributed by atoms with Gasteiger partial charge in [0, 0.05) is 5.69 Å². The van der Waals surface area contributed by atoms with Crippen molar-refractivity contribution < 1.29 is 9.53 Å². The molecule has 0 bridgehead atoms. The molecule has 0 heterocycles. The Bertz CT molecular complexity index is 637. The summed E-state index contributed by atoms with van der Waals surface area (Å²) in [6.45, 7) is 5.92. The zero-order valence-electron chi connectivity index (χ0n) is 13.4. The number of para-hydroxylation sites is 2. The van der Waals surface area contributed by atoms with Crippen LogP contribution in [0, 0.1) is 0 Å². The van der Waals surface area contributed by atoms with E-state index in [0.29, 0.717) is 0 Å². The van der Waals surface area contributed by atoms with Crippen LogP contribution in [0.1, 0.15) is 31.9 Å². The Hall–Kier alpha value is -2.29. The molecule has 0 spiro atoms.